The van der Waals surface area contributed by atoms with Gasteiger partial charge in [0.25, 0.3) is 0 Å². The average molecular weight is 334 g/mol. The summed E-state index contributed by atoms with van der Waals surface area (Å²) in [5.41, 5.74) is 2.43. The fourth-order valence-electron chi connectivity index (χ4n) is 2.84. The van der Waals surface area contributed by atoms with Crippen LogP contribution in [-0.4, -0.2) is 69.0 Å². The first-order valence-electron chi connectivity index (χ1n) is 8.59. The van der Waals surface area contributed by atoms with Gasteiger partial charge in [0.1, 0.15) is 0 Å². The third-order valence-corrected chi connectivity index (χ3v) is 4.80. The number of aliphatic hydroxyl groups is 1. The first-order chi connectivity index (χ1) is 11.4. The van der Waals surface area contributed by atoms with E-state index in [4.69, 9.17) is 5.11 Å². The van der Waals surface area contributed by atoms with Crippen LogP contribution in [-0.2, 0) is 0 Å². The van der Waals surface area contributed by atoms with Crippen molar-refractivity contribution >= 4 is 17.4 Å². The molecule has 0 aromatic heterocycles. The minimum atomic E-state index is -0.166. The van der Waals surface area contributed by atoms with Crippen LogP contribution in [0.5, 0.6) is 0 Å². The number of likely N-dealkylation sites (N-methyl/N-ethyl adjacent to an activating group) is 1. The number of hydrogen-bond donors (Lipinski definition) is 2. The molecular weight excluding hydrogens is 304 g/mol. The molecule has 0 radical (unpaired) electrons. The summed E-state index contributed by atoms with van der Waals surface area (Å²) in [6.45, 7) is 3.68. The lowest BCUT2D eigenvalue weighted by Gasteiger charge is -2.35. The van der Waals surface area contributed by atoms with Gasteiger partial charge in [-0.2, -0.15) is 0 Å². The molecule has 1 aliphatic rings. The van der Waals surface area contributed by atoms with Crippen LogP contribution in [0.1, 0.15) is 19.8 Å². The number of carbonyl (C=O) groups excluding carboxylic acids is 1. The zero-order valence-electron chi connectivity index (χ0n) is 15.2. The second-order valence-corrected chi connectivity index (χ2v) is 6.76. The monoisotopic (exact) mass is 334 g/mol. The Morgan fingerprint density at radius 2 is 1.83 bits per heavy atom. The Kier molecular flexibility index (Phi) is 6.31. The van der Waals surface area contributed by atoms with E-state index in [9.17, 15) is 4.79 Å². The van der Waals surface area contributed by atoms with E-state index in [1.807, 2.05) is 21.0 Å². The molecule has 0 spiro atoms. The molecule has 1 saturated heterocycles. The third kappa shape index (κ3) is 4.54. The van der Waals surface area contributed by atoms with Crippen molar-refractivity contribution in [3.63, 3.8) is 0 Å². The van der Waals surface area contributed by atoms with E-state index in [-0.39, 0.29) is 24.7 Å². The highest BCUT2D eigenvalue weighted by Crippen LogP contribution is 2.23. The van der Waals surface area contributed by atoms with Gasteiger partial charge in [-0.05, 0) is 44.0 Å². The Morgan fingerprint density at radius 3 is 2.33 bits per heavy atom. The zero-order chi connectivity index (χ0) is 17.7. The minimum absolute atomic E-state index is 0.0225. The smallest absolute Gasteiger partial charge is 0.317 e. The normalized spacial score (nSPS) is 16.6. The molecule has 0 bridgehead atoms. The summed E-state index contributed by atoms with van der Waals surface area (Å²) in [5, 5.41) is 12.2. The molecule has 1 atom stereocenters. The largest absolute Gasteiger partial charge is 0.394 e. The average Bonchev–Trinajstić information content (AvgIpc) is 2.61. The standard InChI is InChI=1S/C18H30N4O2/c1-14(13-23)21(4)18(24)19-15-9-11-22(12-10-15)17-7-5-16(6-8-17)20(2)3/h5-8,14-15,23H,9-13H2,1-4H3,(H,19,24). The first-order valence-corrected chi connectivity index (χ1v) is 8.59. The van der Waals surface area contributed by atoms with Crippen molar-refractivity contribution in [3.8, 4) is 0 Å². The van der Waals surface area contributed by atoms with Gasteiger partial charge in [-0.25, -0.2) is 4.79 Å². The second-order valence-electron chi connectivity index (χ2n) is 6.76. The van der Waals surface area contributed by atoms with E-state index in [0.29, 0.717) is 0 Å². The van der Waals surface area contributed by atoms with E-state index in [2.05, 4.69) is 39.4 Å². The van der Waals surface area contributed by atoms with Gasteiger partial charge < -0.3 is 25.1 Å². The first kappa shape index (κ1) is 18.4. The van der Waals surface area contributed by atoms with Crippen molar-refractivity contribution in [2.24, 2.45) is 0 Å². The quantitative estimate of drug-likeness (QED) is 0.861. The predicted molar refractivity (Wildman–Crippen MR) is 98.8 cm³/mol. The summed E-state index contributed by atoms with van der Waals surface area (Å²) in [6.07, 6.45) is 1.87. The van der Waals surface area contributed by atoms with E-state index in [1.165, 1.54) is 11.4 Å². The van der Waals surface area contributed by atoms with Gasteiger partial charge in [0.05, 0.1) is 12.6 Å². The van der Waals surface area contributed by atoms with Crippen LogP contribution in [0.4, 0.5) is 16.2 Å². The van der Waals surface area contributed by atoms with Crippen LogP contribution < -0.4 is 15.1 Å². The van der Waals surface area contributed by atoms with Crippen LogP contribution in [0.15, 0.2) is 24.3 Å². The summed E-state index contributed by atoms with van der Waals surface area (Å²) in [7, 11) is 5.80. The van der Waals surface area contributed by atoms with Crippen LogP contribution in [0.2, 0.25) is 0 Å². The lowest BCUT2D eigenvalue weighted by atomic mass is 10.0. The minimum Gasteiger partial charge on any atom is -0.394 e. The predicted octanol–water partition coefficient (Wildman–Crippen LogP) is 1.74. The number of urea groups is 1. The van der Waals surface area contributed by atoms with Gasteiger partial charge in [-0.1, -0.05) is 0 Å². The fraction of sp³-hybridized carbons (Fsp3) is 0.611. The maximum Gasteiger partial charge on any atom is 0.317 e. The zero-order valence-corrected chi connectivity index (χ0v) is 15.2. The molecule has 1 fully saturated rings. The molecule has 24 heavy (non-hydrogen) atoms. The van der Waals surface area contributed by atoms with Gasteiger partial charge in [0.2, 0.25) is 0 Å². The molecule has 1 aromatic carbocycles. The molecular formula is C18H30N4O2. The van der Waals surface area contributed by atoms with Gasteiger partial charge in [0.15, 0.2) is 0 Å². The Morgan fingerprint density at radius 1 is 1.25 bits per heavy atom. The number of anilines is 2. The Balaban J connectivity index is 1.84. The molecule has 2 amide bonds. The Hall–Kier alpha value is -1.95. The molecule has 2 N–H and O–H groups in total. The highest BCUT2D eigenvalue weighted by Gasteiger charge is 2.23. The van der Waals surface area contributed by atoms with E-state index in [1.54, 1.807) is 11.9 Å². The Bertz CT molecular complexity index is 524. The molecule has 6 heteroatoms. The van der Waals surface area contributed by atoms with Crippen molar-refractivity contribution < 1.29 is 9.90 Å². The van der Waals surface area contributed by atoms with Gasteiger partial charge in [-0.3, -0.25) is 0 Å². The number of benzene rings is 1. The molecule has 1 aromatic rings. The molecule has 1 heterocycles. The highest BCUT2D eigenvalue weighted by atomic mass is 16.3. The number of piperidine rings is 1. The lowest BCUT2D eigenvalue weighted by molar-refractivity contribution is 0.153. The lowest BCUT2D eigenvalue weighted by Crippen LogP contribution is -2.50. The number of nitrogens with zero attached hydrogens (tertiary/aromatic N) is 3. The van der Waals surface area contributed by atoms with Gasteiger partial charge in [0, 0.05) is 51.6 Å². The number of hydrogen-bond acceptors (Lipinski definition) is 4. The van der Waals surface area contributed by atoms with E-state index >= 15 is 0 Å². The van der Waals surface area contributed by atoms with Crippen molar-refractivity contribution in [2.45, 2.75) is 31.8 Å². The van der Waals surface area contributed by atoms with E-state index < -0.39 is 0 Å². The molecule has 0 aliphatic carbocycles. The van der Waals surface area contributed by atoms with Gasteiger partial charge in [-0.15, -0.1) is 0 Å². The second kappa shape index (κ2) is 8.24. The summed E-state index contributed by atoms with van der Waals surface area (Å²) >= 11 is 0. The summed E-state index contributed by atoms with van der Waals surface area (Å²) in [4.78, 5) is 18.2. The number of carbonyl (C=O) groups is 1. The number of rotatable bonds is 5. The van der Waals surface area contributed by atoms with Crippen LogP contribution in [0.25, 0.3) is 0 Å². The van der Waals surface area contributed by atoms with E-state index in [0.717, 1.165) is 25.9 Å². The molecule has 2 rings (SSSR count). The highest BCUT2D eigenvalue weighted by molar-refractivity contribution is 5.74. The third-order valence-electron chi connectivity index (χ3n) is 4.80. The van der Waals surface area contributed by atoms with Crippen molar-refractivity contribution in [1.82, 2.24) is 10.2 Å². The summed E-state index contributed by atoms with van der Waals surface area (Å²) < 4.78 is 0. The topological polar surface area (TPSA) is 59.1 Å². The van der Waals surface area contributed by atoms with Crippen molar-refractivity contribution in [1.29, 1.82) is 0 Å². The number of aliphatic hydroxyl groups excluding tert-OH is 1. The molecule has 1 aliphatic heterocycles. The SMILES string of the molecule is CC(CO)N(C)C(=O)NC1CCN(c2ccc(N(C)C)cc2)CC1. The van der Waals surface area contributed by atoms with Gasteiger partial charge >= 0.3 is 6.03 Å². The van der Waals surface area contributed by atoms with Crippen molar-refractivity contribution in [3.05, 3.63) is 24.3 Å². The molecule has 6 nitrogen and oxygen atoms in total. The fourth-order valence-corrected chi connectivity index (χ4v) is 2.84. The summed E-state index contributed by atoms with van der Waals surface area (Å²) in [5.74, 6) is 0. The maximum absolute atomic E-state index is 12.1. The maximum atomic E-state index is 12.1. The summed E-state index contributed by atoms with van der Waals surface area (Å²) in [6, 6.07) is 8.51. The molecule has 134 valence electrons. The molecule has 0 saturated carbocycles. The Labute approximate surface area is 145 Å². The van der Waals surface area contributed by atoms with Crippen molar-refractivity contribution in [2.75, 3.05) is 50.6 Å². The molecule has 1 unspecified atom stereocenters. The number of nitrogens with one attached hydrogen (secondary N) is 1. The van der Waals surface area contributed by atoms with Crippen LogP contribution in [0.3, 0.4) is 0 Å². The van der Waals surface area contributed by atoms with Crippen LogP contribution in [0, 0.1) is 0 Å². The number of amides is 2. The van der Waals surface area contributed by atoms with Crippen LogP contribution >= 0.6 is 0 Å².